The largest absolute Gasteiger partial charge is 0.482 e. The third kappa shape index (κ3) is 5.57. The van der Waals surface area contributed by atoms with Crippen molar-refractivity contribution < 1.29 is 19.1 Å². The molecule has 1 aromatic heterocycles. The Balaban J connectivity index is 1.61. The van der Waals surface area contributed by atoms with Gasteiger partial charge in [0.25, 0.3) is 5.91 Å². The van der Waals surface area contributed by atoms with Crippen molar-refractivity contribution in [2.45, 2.75) is 26.4 Å². The van der Waals surface area contributed by atoms with Gasteiger partial charge in [0.1, 0.15) is 22.0 Å². The highest BCUT2D eigenvalue weighted by atomic mass is 32.1. The van der Waals surface area contributed by atoms with Crippen molar-refractivity contribution in [2.24, 2.45) is 5.73 Å². The fourth-order valence-electron chi connectivity index (χ4n) is 2.75. The molecule has 0 unspecified atom stereocenters. The van der Waals surface area contributed by atoms with Crippen LogP contribution in [-0.4, -0.2) is 34.1 Å². The zero-order chi connectivity index (χ0) is 21.9. The Labute approximate surface area is 179 Å². The third-order valence-corrected chi connectivity index (χ3v) is 4.28. The van der Waals surface area contributed by atoms with E-state index in [0.29, 0.717) is 22.1 Å². The van der Waals surface area contributed by atoms with E-state index in [2.05, 4.69) is 10.3 Å². The highest BCUT2D eigenvalue weighted by Crippen LogP contribution is 2.20. The first-order chi connectivity index (χ1) is 14.1. The number of nitrogens with two attached hydrogens (primary N) is 1. The molecule has 3 aromatic rings. The van der Waals surface area contributed by atoms with Crippen LogP contribution in [0.2, 0.25) is 0 Å². The standard InChI is InChI=1S/C22H23N3O4S/c1-22(2,3)29-19(26)12-28-16-8-6-15(7-9-16)24-21(27)18-10-13-4-5-14(20(23)30)11-17(13)25-18/h4-11,25H,12H2,1-3H3,(H2,23,30)(H,24,27). The van der Waals surface area contributed by atoms with Crippen LogP contribution in [-0.2, 0) is 9.53 Å². The number of ether oxygens (including phenoxy) is 2. The minimum Gasteiger partial charge on any atom is -0.482 e. The van der Waals surface area contributed by atoms with Gasteiger partial charge in [-0.1, -0.05) is 24.4 Å². The molecule has 0 atom stereocenters. The second kappa shape index (κ2) is 8.54. The molecule has 0 saturated heterocycles. The highest BCUT2D eigenvalue weighted by molar-refractivity contribution is 7.80. The molecule has 0 fully saturated rings. The number of thiocarbonyl (C=S) groups is 1. The van der Waals surface area contributed by atoms with Crippen molar-refractivity contribution in [3.63, 3.8) is 0 Å². The monoisotopic (exact) mass is 425 g/mol. The van der Waals surface area contributed by atoms with Gasteiger partial charge in [-0.3, -0.25) is 4.79 Å². The fourth-order valence-corrected chi connectivity index (χ4v) is 2.88. The smallest absolute Gasteiger partial charge is 0.344 e. The Morgan fingerprint density at radius 1 is 1.10 bits per heavy atom. The Morgan fingerprint density at radius 2 is 1.80 bits per heavy atom. The van der Waals surface area contributed by atoms with Crippen molar-refractivity contribution >= 4 is 45.7 Å². The summed E-state index contributed by atoms with van der Waals surface area (Å²) in [6.07, 6.45) is 0. The first-order valence-corrected chi connectivity index (χ1v) is 9.70. The summed E-state index contributed by atoms with van der Waals surface area (Å²) in [5.41, 5.74) is 7.60. The second-order valence-electron chi connectivity index (χ2n) is 7.70. The number of aromatic amines is 1. The lowest BCUT2D eigenvalue weighted by molar-refractivity contribution is -0.157. The topological polar surface area (TPSA) is 106 Å². The van der Waals surface area contributed by atoms with Gasteiger partial charge in [-0.25, -0.2) is 4.79 Å². The molecule has 0 aliphatic heterocycles. The summed E-state index contributed by atoms with van der Waals surface area (Å²) < 4.78 is 10.6. The van der Waals surface area contributed by atoms with E-state index in [4.69, 9.17) is 27.4 Å². The zero-order valence-corrected chi connectivity index (χ0v) is 17.8. The molecule has 2 aromatic carbocycles. The summed E-state index contributed by atoms with van der Waals surface area (Å²) in [5, 5.41) is 3.69. The molecule has 0 bridgehead atoms. The van der Waals surface area contributed by atoms with E-state index < -0.39 is 11.6 Å². The first-order valence-electron chi connectivity index (χ1n) is 9.29. The summed E-state index contributed by atoms with van der Waals surface area (Å²) in [4.78, 5) is 27.6. The van der Waals surface area contributed by atoms with Gasteiger partial charge >= 0.3 is 5.97 Å². The van der Waals surface area contributed by atoms with Crippen LogP contribution in [0.3, 0.4) is 0 Å². The van der Waals surface area contributed by atoms with Crippen molar-refractivity contribution in [2.75, 3.05) is 11.9 Å². The number of nitrogens with one attached hydrogen (secondary N) is 2. The van der Waals surface area contributed by atoms with Crippen molar-refractivity contribution in [1.82, 2.24) is 4.98 Å². The van der Waals surface area contributed by atoms with Crippen molar-refractivity contribution in [3.05, 3.63) is 59.8 Å². The van der Waals surface area contributed by atoms with E-state index in [-0.39, 0.29) is 12.5 Å². The van der Waals surface area contributed by atoms with Crippen LogP contribution in [0.4, 0.5) is 5.69 Å². The summed E-state index contributed by atoms with van der Waals surface area (Å²) in [5.74, 6) is -0.238. The number of aromatic nitrogens is 1. The number of fused-ring (bicyclic) bond motifs is 1. The lowest BCUT2D eigenvalue weighted by atomic mass is 10.1. The molecule has 156 valence electrons. The van der Waals surface area contributed by atoms with Crippen molar-refractivity contribution in [1.29, 1.82) is 0 Å². The normalized spacial score (nSPS) is 11.2. The SMILES string of the molecule is CC(C)(C)OC(=O)COc1ccc(NC(=O)c2cc3ccc(C(N)=S)cc3[nH]2)cc1. The maximum Gasteiger partial charge on any atom is 0.344 e. The van der Waals surface area contributed by atoms with Crippen LogP contribution >= 0.6 is 12.2 Å². The summed E-state index contributed by atoms with van der Waals surface area (Å²) in [6, 6.07) is 14.0. The maximum atomic E-state index is 12.6. The van der Waals surface area contributed by atoms with E-state index >= 15 is 0 Å². The van der Waals surface area contributed by atoms with Crippen LogP contribution < -0.4 is 15.8 Å². The van der Waals surface area contributed by atoms with E-state index in [0.717, 1.165) is 16.5 Å². The Bertz CT molecular complexity index is 1100. The van der Waals surface area contributed by atoms with E-state index in [9.17, 15) is 9.59 Å². The van der Waals surface area contributed by atoms with Crippen LogP contribution in [0.15, 0.2) is 48.5 Å². The number of hydrogen-bond donors (Lipinski definition) is 3. The molecule has 8 heteroatoms. The molecular formula is C22H23N3O4S. The first kappa shape index (κ1) is 21.3. The lowest BCUT2D eigenvalue weighted by Crippen LogP contribution is -2.27. The van der Waals surface area contributed by atoms with E-state index in [1.807, 2.05) is 18.2 Å². The van der Waals surface area contributed by atoms with Gasteiger partial charge in [0, 0.05) is 22.2 Å². The van der Waals surface area contributed by atoms with E-state index in [1.54, 1.807) is 51.1 Å². The molecule has 0 radical (unpaired) electrons. The van der Waals surface area contributed by atoms with Gasteiger partial charge in [-0.15, -0.1) is 0 Å². The van der Waals surface area contributed by atoms with Crippen LogP contribution in [0.5, 0.6) is 5.75 Å². The summed E-state index contributed by atoms with van der Waals surface area (Å²) in [7, 11) is 0. The molecule has 0 aliphatic rings. The molecule has 0 aliphatic carbocycles. The van der Waals surface area contributed by atoms with Gasteiger partial charge in [0.05, 0.1) is 0 Å². The van der Waals surface area contributed by atoms with Crippen molar-refractivity contribution in [3.8, 4) is 5.75 Å². The molecular weight excluding hydrogens is 402 g/mol. The molecule has 1 heterocycles. The number of H-pyrrole nitrogens is 1. The fraction of sp³-hybridized carbons (Fsp3) is 0.227. The molecule has 30 heavy (non-hydrogen) atoms. The molecule has 3 rings (SSSR count). The molecule has 7 nitrogen and oxygen atoms in total. The number of hydrogen-bond acceptors (Lipinski definition) is 5. The molecule has 1 amide bonds. The number of carbonyl (C=O) groups is 2. The summed E-state index contributed by atoms with van der Waals surface area (Å²) >= 11 is 4.99. The lowest BCUT2D eigenvalue weighted by Gasteiger charge is -2.19. The van der Waals surface area contributed by atoms with Crippen LogP contribution in [0.1, 0.15) is 36.8 Å². The number of amides is 1. The number of rotatable bonds is 6. The van der Waals surface area contributed by atoms with Gasteiger partial charge in [0.2, 0.25) is 0 Å². The Hall–Kier alpha value is -3.39. The van der Waals surface area contributed by atoms with Gasteiger partial charge in [-0.05, 0) is 57.2 Å². The third-order valence-electron chi connectivity index (χ3n) is 4.04. The minimum absolute atomic E-state index is 0.188. The van der Waals surface area contributed by atoms with Crippen LogP contribution in [0, 0.1) is 0 Å². The summed E-state index contributed by atoms with van der Waals surface area (Å²) in [6.45, 7) is 5.19. The molecule has 4 N–H and O–H groups in total. The molecule has 0 spiro atoms. The van der Waals surface area contributed by atoms with Gasteiger partial charge in [-0.2, -0.15) is 0 Å². The van der Waals surface area contributed by atoms with Gasteiger partial charge in [0.15, 0.2) is 6.61 Å². The Morgan fingerprint density at radius 3 is 2.43 bits per heavy atom. The predicted octanol–water partition coefficient (Wildman–Crippen LogP) is 3.77. The van der Waals surface area contributed by atoms with Gasteiger partial charge < -0.3 is 25.5 Å². The minimum atomic E-state index is -0.561. The molecule has 0 saturated carbocycles. The zero-order valence-electron chi connectivity index (χ0n) is 16.9. The highest BCUT2D eigenvalue weighted by Gasteiger charge is 2.16. The number of benzene rings is 2. The number of carbonyl (C=O) groups excluding carboxylic acids is 2. The Kier molecular flexibility index (Phi) is 6.07. The van der Waals surface area contributed by atoms with E-state index in [1.165, 1.54) is 0 Å². The average molecular weight is 426 g/mol. The number of esters is 1. The average Bonchev–Trinajstić information content (AvgIpc) is 3.09. The second-order valence-corrected chi connectivity index (χ2v) is 8.14. The predicted molar refractivity (Wildman–Crippen MR) is 120 cm³/mol. The number of anilines is 1. The van der Waals surface area contributed by atoms with Crippen LogP contribution in [0.25, 0.3) is 10.9 Å². The maximum absolute atomic E-state index is 12.6. The quantitative estimate of drug-likeness (QED) is 0.410.